The van der Waals surface area contributed by atoms with Crippen LogP contribution in [0.2, 0.25) is 0 Å². The van der Waals surface area contributed by atoms with Crippen LogP contribution in [0.25, 0.3) is 32.1 Å². The first-order valence-electron chi connectivity index (χ1n) is 8.40. The number of aliphatic hydroxyl groups excluding tert-OH is 1. The van der Waals surface area contributed by atoms with Crippen molar-refractivity contribution in [1.82, 2.24) is 4.57 Å². The van der Waals surface area contributed by atoms with Gasteiger partial charge in [0.25, 0.3) is 0 Å². The third-order valence-electron chi connectivity index (χ3n) is 4.82. The summed E-state index contributed by atoms with van der Waals surface area (Å²) in [6.07, 6.45) is 0. The molecule has 0 aliphatic rings. The Morgan fingerprint density at radius 1 is 1.04 bits per heavy atom. The van der Waals surface area contributed by atoms with Crippen LogP contribution in [0.4, 0.5) is 0 Å². The van der Waals surface area contributed by atoms with Crippen molar-refractivity contribution >= 4 is 32.3 Å². The lowest BCUT2D eigenvalue weighted by Gasteiger charge is -2.07. The van der Waals surface area contributed by atoms with Crippen molar-refractivity contribution in [2.45, 2.75) is 27.3 Å². The van der Waals surface area contributed by atoms with Gasteiger partial charge >= 0.3 is 0 Å². The molecule has 0 fully saturated rings. The van der Waals surface area contributed by atoms with Gasteiger partial charge in [-0.05, 0) is 49.9 Å². The smallest absolute Gasteiger partial charge is 0.105 e. The Balaban J connectivity index is 2.08. The Hall–Kier alpha value is -2.52. The molecule has 2 aromatic carbocycles. The molecule has 0 aliphatic carbocycles. The molecule has 0 radical (unpaired) electrons. The molecule has 2 aromatic heterocycles. The summed E-state index contributed by atoms with van der Waals surface area (Å²) in [5.41, 5.74) is 7.36. The van der Waals surface area contributed by atoms with Gasteiger partial charge in [0.1, 0.15) is 5.76 Å². The van der Waals surface area contributed by atoms with E-state index in [1.165, 1.54) is 37.7 Å². The van der Waals surface area contributed by atoms with E-state index >= 15 is 0 Å². The second-order valence-corrected chi connectivity index (χ2v) is 7.69. The van der Waals surface area contributed by atoms with Gasteiger partial charge in [0.05, 0.1) is 6.54 Å². The number of aromatic nitrogens is 1. The average Bonchev–Trinajstić information content (AvgIpc) is 3.06. The summed E-state index contributed by atoms with van der Waals surface area (Å²) in [7, 11) is 0. The first kappa shape index (κ1) is 16.0. The fourth-order valence-electron chi connectivity index (χ4n) is 3.65. The van der Waals surface area contributed by atoms with Gasteiger partial charge in [-0.2, -0.15) is 0 Å². The zero-order valence-electron chi connectivity index (χ0n) is 14.8. The van der Waals surface area contributed by atoms with Gasteiger partial charge in [-0.25, -0.2) is 0 Å². The first-order valence-corrected chi connectivity index (χ1v) is 9.28. The minimum atomic E-state index is 0.179. The Morgan fingerprint density at radius 2 is 1.76 bits per heavy atom. The first-order chi connectivity index (χ1) is 12.0. The minimum absolute atomic E-state index is 0.179. The second kappa shape index (κ2) is 5.78. The number of thiophene rings is 1. The third-order valence-corrected chi connectivity index (χ3v) is 5.77. The van der Waals surface area contributed by atoms with Gasteiger partial charge in [0, 0.05) is 37.8 Å². The van der Waals surface area contributed by atoms with Crippen LogP contribution in [0.3, 0.4) is 0 Å². The lowest BCUT2D eigenvalue weighted by Crippen LogP contribution is -2.01. The highest BCUT2D eigenvalue weighted by molar-refractivity contribution is 7.17. The van der Waals surface area contributed by atoms with Crippen molar-refractivity contribution in [3.63, 3.8) is 0 Å². The molecule has 2 nitrogen and oxygen atoms in total. The van der Waals surface area contributed by atoms with Crippen LogP contribution < -0.4 is 0 Å². The zero-order chi connectivity index (χ0) is 17.7. The van der Waals surface area contributed by atoms with Crippen molar-refractivity contribution in [3.8, 4) is 11.1 Å². The standard InChI is InChI=1S/C22H21NOS/c1-13-6-8-20-18(9-13)22(16(4)23(20)11-15(3)24)19-12-25-21-10-14(2)5-7-17(19)21/h5-10,12,24H,3,11H2,1-2,4H3. The summed E-state index contributed by atoms with van der Waals surface area (Å²) in [4.78, 5) is 0. The number of benzene rings is 2. The van der Waals surface area contributed by atoms with Crippen molar-refractivity contribution in [2.75, 3.05) is 0 Å². The van der Waals surface area contributed by atoms with E-state index in [2.05, 4.69) is 73.7 Å². The molecule has 2 heterocycles. The van der Waals surface area contributed by atoms with Crippen LogP contribution in [0.15, 0.2) is 54.1 Å². The molecule has 25 heavy (non-hydrogen) atoms. The number of fused-ring (bicyclic) bond motifs is 2. The van der Waals surface area contributed by atoms with Gasteiger partial charge in [-0.15, -0.1) is 11.3 Å². The lowest BCUT2D eigenvalue weighted by molar-refractivity contribution is 0.380. The Bertz CT molecular complexity index is 1130. The monoisotopic (exact) mass is 347 g/mol. The second-order valence-electron chi connectivity index (χ2n) is 6.78. The maximum absolute atomic E-state index is 9.77. The molecule has 4 aromatic rings. The number of aliphatic hydroxyl groups is 1. The number of hydrogen-bond acceptors (Lipinski definition) is 2. The normalized spacial score (nSPS) is 11.5. The summed E-state index contributed by atoms with van der Waals surface area (Å²) in [6, 6.07) is 13.2. The van der Waals surface area contributed by atoms with Crippen molar-refractivity contribution < 1.29 is 5.11 Å². The van der Waals surface area contributed by atoms with E-state index in [9.17, 15) is 5.11 Å². The molecular formula is C22H21NOS. The molecular weight excluding hydrogens is 326 g/mol. The summed E-state index contributed by atoms with van der Waals surface area (Å²) in [5.74, 6) is 0.179. The van der Waals surface area contributed by atoms with Crippen LogP contribution in [-0.2, 0) is 6.54 Å². The van der Waals surface area contributed by atoms with E-state index in [0.717, 1.165) is 11.2 Å². The fourth-order valence-corrected chi connectivity index (χ4v) is 4.70. The Kier molecular flexibility index (Phi) is 3.69. The van der Waals surface area contributed by atoms with E-state index in [1.807, 2.05) is 0 Å². The zero-order valence-corrected chi connectivity index (χ0v) is 15.6. The highest BCUT2D eigenvalue weighted by Gasteiger charge is 2.18. The molecule has 0 amide bonds. The predicted molar refractivity (Wildman–Crippen MR) is 109 cm³/mol. The molecule has 0 unspecified atom stereocenters. The van der Waals surface area contributed by atoms with E-state index in [0.29, 0.717) is 6.54 Å². The van der Waals surface area contributed by atoms with Crippen molar-refractivity contribution in [3.05, 3.63) is 70.9 Å². The van der Waals surface area contributed by atoms with Crippen LogP contribution in [0, 0.1) is 20.8 Å². The predicted octanol–water partition coefficient (Wildman–Crippen LogP) is 6.52. The summed E-state index contributed by atoms with van der Waals surface area (Å²) >= 11 is 1.79. The minimum Gasteiger partial charge on any atom is -0.511 e. The summed E-state index contributed by atoms with van der Waals surface area (Å²) < 4.78 is 3.47. The molecule has 0 aliphatic heterocycles. The highest BCUT2D eigenvalue weighted by Crippen LogP contribution is 2.41. The van der Waals surface area contributed by atoms with Crippen LogP contribution in [-0.4, -0.2) is 9.67 Å². The van der Waals surface area contributed by atoms with Crippen LogP contribution in [0.5, 0.6) is 0 Å². The number of nitrogens with zero attached hydrogens (tertiary/aromatic N) is 1. The molecule has 0 bridgehead atoms. The van der Waals surface area contributed by atoms with Crippen molar-refractivity contribution in [1.29, 1.82) is 0 Å². The van der Waals surface area contributed by atoms with E-state index in [-0.39, 0.29) is 5.76 Å². The topological polar surface area (TPSA) is 25.2 Å². The maximum atomic E-state index is 9.77. The largest absolute Gasteiger partial charge is 0.511 e. The molecule has 4 rings (SSSR count). The molecule has 3 heteroatoms. The van der Waals surface area contributed by atoms with Gasteiger partial charge in [-0.1, -0.05) is 30.3 Å². The van der Waals surface area contributed by atoms with Crippen molar-refractivity contribution in [2.24, 2.45) is 0 Å². The molecule has 0 saturated carbocycles. The van der Waals surface area contributed by atoms with Gasteiger partial charge in [-0.3, -0.25) is 0 Å². The summed E-state index contributed by atoms with van der Waals surface area (Å²) in [5, 5.41) is 14.6. The van der Waals surface area contributed by atoms with E-state index in [4.69, 9.17) is 0 Å². The Morgan fingerprint density at radius 3 is 2.52 bits per heavy atom. The van der Waals surface area contributed by atoms with Crippen LogP contribution in [0.1, 0.15) is 16.8 Å². The Labute approximate surface area is 151 Å². The molecule has 0 saturated heterocycles. The molecule has 0 spiro atoms. The number of allylic oxidation sites excluding steroid dienone is 1. The van der Waals surface area contributed by atoms with Gasteiger partial charge in [0.2, 0.25) is 0 Å². The number of aryl methyl sites for hydroxylation is 2. The average molecular weight is 347 g/mol. The quantitative estimate of drug-likeness (QED) is 0.419. The lowest BCUT2D eigenvalue weighted by atomic mass is 10.00. The molecule has 1 N–H and O–H groups in total. The fraction of sp³-hybridized carbons (Fsp3) is 0.182. The van der Waals surface area contributed by atoms with E-state index < -0.39 is 0 Å². The van der Waals surface area contributed by atoms with Gasteiger partial charge in [0.15, 0.2) is 0 Å². The molecule has 0 atom stereocenters. The molecule has 126 valence electrons. The van der Waals surface area contributed by atoms with Crippen LogP contribution >= 0.6 is 11.3 Å². The maximum Gasteiger partial charge on any atom is 0.105 e. The van der Waals surface area contributed by atoms with Gasteiger partial charge < -0.3 is 9.67 Å². The highest BCUT2D eigenvalue weighted by atomic mass is 32.1. The third kappa shape index (κ3) is 2.56. The SMILES string of the molecule is C=C(O)Cn1c(C)c(-c2csc3cc(C)ccc23)c2cc(C)ccc21. The summed E-state index contributed by atoms with van der Waals surface area (Å²) in [6.45, 7) is 10.5. The van der Waals surface area contributed by atoms with E-state index in [1.54, 1.807) is 11.3 Å². The number of rotatable bonds is 3. The number of hydrogen-bond donors (Lipinski definition) is 1.